The Morgan fingerprint density at radius 1 is 0.931 bits per heavy atom. The number of amides is 1. The number of halogens is 3. The van der Waals surface area contributed by atoms with Gasteiger partial charge in [-0.25, -0.2) is 0 Å². The Hall–Kier alpha value is -2.93. The first-order chi connectivity index (χ1) is 13.9. The topological polar surface area (TPSA) is 38.3 Å². The van der Waals surface area contributed by atoms with E-state index in [1.54, 1.807) is 30.3 Å². The Morgan fingerprint density at radius 3 is 2.34 bits per heavy atom. The van der Waals surface area contributed by atoms with E-state index in [1.807, 2.05) is 30.3 Å². The minimum Gasteiger partial charge on any atom is -0.489 e. The molecule has 0 radical (unpaired) electrons. The molecule has 0 heterocycles. The fourth-order valence-corrected chi connectivity index (χ4v) is 3.24. The smallest absolute Gasteiger partial charge is 0.416 e. The normalized spacial score (nSPS) is 11.1. The number of ether oxygens (including phenoxy) is 1. The molecule has 0 unspecified atom stereocenters. The van der Waals surface area contributed by atoms with Crippen LogP contribution in [0.4, 0.5) is 18.9 Å². The molecule has 0 saturated heterocycles. The van der Waals surface area contributed by atoms with Crippen LogP contribution in [0.2, 0.25) is 0 Å². The van der Waals surface area contributed by atoms with E-state index < -0.39 is 11.7 Å². The van der Waals surface area contributed by atoms with E-state index in [2.05, 4.69) is 5.32 Å². The molecule has 0 spiro atoms. The number of carbonyl (C=O) groups is 1. The van der Waals surface area contributed by atoms with E-state index in [9.17, 15) is 18.0 Å². The molecule has 0 saturated carbocycles. The van der Waals surface area contributed by atoms with Crippen LogP contribution in [0.15, 0.2) is 83.8 Å². The highest BCUT2D eigenvalue weighted by atomic mass is 32.2. The number of anilines is 1. The summed E-state index contributed by atoms with van der Waals surface area (Å²) in [6.07, 6.45) is -4.40. The molecular formula is C22H18F3NO2S. The van der Waals surface area contributed by atoms with Gasteiger partial charge in [-0.1, -0.05) is 36.4 Å². The van der Waals surface area contributed by atoms with Crippen LogP contribution in [0.3, 0.4) is 0 Å². The van der Waals surface area contributed by atoms with Crippen LogP contribution in [0, 0.1) is 0 Å². The van der Waals surface area contributed by atoms with Gasteiger partial charge in [0, 0.05) is 10.6 Å². The number of carbonyl (C=O) groups excluding carboxylic acids is 1. The summed E-state index contributed by atoms with van der Waals surface area (Å²) in [5.41, 5.74) is 0.914. The molecule has 0 aliphatic heterocycles. The van der Waals surface area contributed by atoms with Crippen molar-refractivity contribution in [2.75, 3.05) is 11.1 Å². The average Bonchev–Trinajstić information content (AvgIpc) is 2.72. The van der Waals surface area contributed by atoms with E-state index >= 15 is 0 Å². The van der Waals surface area contributed by atoms with Crippen molar-refractivity contribution in [3.63, 3.8) is 0 Å². The largest absolute Gasteiger partial charge is 0.489 e. The molecule has 1 N–H and O–H groups in total. The van der Waals surface area contributed by atoms with Gasteiger partial charge in [0.25, 0.3) is 0 Å². The third-order valence-corrected chi connectivity index (χ3v) is 4.91. The van der Waals surface area contributed by atoms with Crippen LogP contribution in [0.5, 0.6) is 5.75 Å². The van der Waals surface area contributed by atoms with Crippen LogP contribution in [-0.4, -0.2) is 11.7 Å². The molecule has 3 aromatic carbocycles. The molecule has 0 aromatic heterocycles. The minimum absolute atomic E-state index is 0.00751. The quantitative estimate of drug-likeness (QED) is 0.478. The van der Waals surface area contributed by atoms with Gasteiger partial charge in [0.2, 0.25) is 5.91 Å². The summed E-state index contributed by atoms with van der Waals surface area (Å²) < 4.78 is 43.9. The molecule has 7 heteroatoms. The summed E-state index contributed by atoms with van der Waals surface area (Å²) in [4.78, 5) is 12.5. The van der Waals surface area contributed by atoms with E-state index in [4.69, 9.17) is 4.74 Å². The van der Waals surface area contributed by atoms with Gasteiger partial charge in [0.1, 0.15) is 12.4 Å². The second-order valence-electron chi connectivity index (χ2n) is 6.16. The molecular weight excluding hydrogens is 399 g/mol. The van der Waals surface area contributed by atoms with Crippen LogP contribution in [0.25, 0.3) is 0 Å². The van der Waals surface area contributed by atoms with Crippen LogP contribution < -0.4 is 10.1 Å². The second kappa shape index (κ2) is 9.52. The Morgan fingerprint density at radius 2 is 1.66 bits per heavy atom. The summed E-state index contributed by atoms with van der Waals surface area (Å²) in [6, 6.07) is 21.6. The predicted octanol–water partition coefficient (Wildman–Crippen LogP) is 6.02. The van der Waals surface area contributed by atoms with E-state index in [1.165, 1.54) is 6.07 Å². The number of alkyl halides is 3. The number of nitrogens with one attached hydrogen (secondary N) is 1. The number of benzene rings is 3. The zero-order valence-electron chi connectivity index (χ0n) is 15.3. The minimum atomic E-state index is -4.40. The molecule has 150 valence electrons. The molecule has 0 aliphatic carbocycles. The Kier molecular flexibility index (Phi) is 6.82. The first kappa shape index (κ1) is 20.8. The van der Waals surface area contributed by atoms with Gasteiger partial charge < -0.3 is 10.1 Å². The lowest BCUT2D eigenvalue weighted by Gasteiger charge is -2.10. The monoisotopic (exact) mass is 417 g/mol. The van der Waals surface area contributed by atoms with Gasteiger partial charge in [0.15, 0.2) is 0 Å². The lowest BCUT2D eigenvalue weighted by molar-refractivity contribution is -0.137. The molecule has 3 aromatic rings. The Balaban J connectivity index is 1.48. The lowest BCUT2D eigenvalue weighted by Crippen LogP contribution is -2.14. The predicted molar refractivity (Wildman–Crippen MR) is 108 cm³/mol. The summed E-state index contributed by atoms with van der Waals surface area (Å²) in [5, 5.41) is 2.72. The molecule has 0 atom stereocenters. The van der Waals surface area contributed by atoms with Crippen molar-refractivity contribution in [3.8, 4) is 5.75 Å². The maximum absolute atomic E-state index is 12.7. The summed E-state index contributed by atoms with van der Waals surface area (Å²) >= 11 is 1.05. The van der Waals surface area contributed by atoms with Crippen molar-refractivity contribution in [1.82, 2.24) is 0 Å². The first-order valence-corrected chi connectivity index (χ1v) is 9.75. The molecule has 3 rings (SSSR count). The molecule has 1 amide bonds. The van der Waals surface area contributed by atoms with Crippen LogP contribution in [-0.2, 0) is 17.6 Å². The van der Waals surface area contributed by atoms with Crippen molar-refractivity contribution < 1.29 is 22.7 Å². The standard InChI is InChI=1S/C22H18F3NO2S/c23-22(24,25)17-7-4-8-20(13-17)29-15-21(27)26-18-9-11-19(12-10-18)28-14-16-5-2-1-3-6-16/h1-13H,14-15H2,(H,26,27). The van der Waals surface area contributed by atoms with Gasteiger partial charge in [-0.3, -0.25) is 4.79 Å². The van der Waals surface area contributed by atoms with Crippen molar-refractivity contribution in [1.29, 1.82) is 0 Å². The Bertz CT molecular complexity index is 944. The summed E-state index contributed by atoms with van der Waals surface area (Å²) in [5.74, 6) is 0.378. The SMILES string of the molecule is O=C(CSc1cccc(C(F)(F)F)c1)Nc1ccc(OCc2ccccc2)cc1. The molecule has 0 bridgehead atoms. The van der Waals surface area contributed by atoms with E-state index in [-0.39, 0.29) is 11.7 Å². The number of hydrogen-bond acceptors (Lipinski definition) is 3. The average molecular weight is 417 g/mol. The Labute approximate surface area is 170 Å². The third kappa shape index (κ3) is 6.57. The summed E-state index contributed by atoms with van der Waals surface area (Å²) in [6.45, 7) is 0.445. The third-order valence-electron chi connectivity index (χ3n) is 3.92. The van der Waals surface area contributed by atoms with Crippen molar-refractivity contribution in [2.24, 2.45) is 0 Å². The van der Waals surface area contributed by atoms with E-state index in [0.29, 0.717) is 22.9 Å². The van der Waals surface area contributed by atoms with Gasteiger partial charge in [-0.05, 0) is 48.0 Å². The van der Waals surface area contributed by atoms with Gasteiger partial charge in [0.05, 0.1) is 11.3 Å². The highest BCUT2D eigenvalue weighted by Crippen LogP contribution is 2.31. The van der Waals surface area contributed by atoms with Crippen molar-refractivity contribution in [2.45, 2.75) is 17.7 Å². The molecule has 0 aliphatic rings. The zero-order chi connectivity index (χ0) is 20.7. The second-order valence-corrected chi connectivity index (χ2v) is 7.21. The fraction of sp³-hybridized carbons (Fsp3) is 0.136. The number of rotatable bonds is 7. The zero-order valence-corrected chi connectivity index (χ0v) is 16.1. The number of hydrogen-bond donors (Lipinski definition) is 1. The first-order valence-electron chi connectivity index (χ1n) is 8.77. The molecule has 0 fully saturated rings. The molecule has 29 heavy (non-hydrogen) atoms. The van der Waals surface area contributed by atoms with Gasteiger partial charge >= 0.3 is 6.18 Å². The van der Waals surface area contributed by atoms with Crippen LogP contribution >= 0.6 is 11.8 Å². The maximum Gasteiger partial charge on any atom is 0.416 e. The molecule has 3 nitrogen and oxygen atoms in total. The highest BCUT2D eigenvalue weighted by Gasteiger charge is 2.30. The van der Waals surface area contributed by atoms with Gasteiger partial charge in [-0.2, -0.15) is 13.2 Å². The van der Waals surface area contributed by atoms with Crippen LogP contribution in [0.1, 0.15) is 11.1 Å². The summed E-state index contributed by atoms with van der Waals surface area (Å²) in [7, 11) is 0. The fourth-order valence-electron chi connectivity index (χ4n) is 2.48. The van der Waals surface area contributed by atoms with E-state index in [0.717, 1.165) is 29.5 Å². The highest BCUT2D eigenvalue weighted by molar-refractivity contribution is 8.00. The van der Waals surface area contributed by atoms with Crippen molar-refractivity contribution >= 4 is 23.4 Å². The van der Waals surface area contributed by atoms with Gasteiger partial charge in [-0.15, -0.1) is 11.8 Å². The lowest BCUT2D eigenvalue weighted by atomic mass is 10.2. The number of thioether (sulfide) groups is 1. The maximum atomic E-state index is 12.7. The van der Waals surface area contributed by atoms with Crippen molar-refractivity contribution in [3.05, 3.63) is 90.0 Å².